The van der Waals surface area contributed by atoms with Crippen LogP contribution in [0.2, 0.25) is 0 Å². The number of carboxylic acids is 1. The molecular formula is C49H94O4. The highest BCUT2D eigenvalue weighted by atomic mass is 16.5. The number of carbonyl (C=O) groups excluding carboxylic acids is 1. The van der Waals surface area contributed by atoms with Crippen LogP contribution >= 0.6 is 0 Å². The molecule has 0 radical (unpaired) electrons. The Morgan fingerprint density at radius 1 is 0.358 bits per heavy atom. The second-order valence-corrected chi connectivity index (χ2v) is 16.6. The van der Waals surface area contributed by atoms with E-state index in [2.05, 4.69) is 19.1 Å². The first-order valence-electron chi connectivity index (χ1n) is 24.2. The number of hydrogen-bond acceptors (Lipinski definition) is 3. The van der Waals surface area contributed by atoms with E-state index in [0.717, 1.165) is 25.7 Å². The Kier molecular flexibility index (Phi) is 45.7. The number of unbranched alkanes of at least 4 members (excludes halogenated alkanes) is 38. The molecule has 0 aliphatic carbocycles. The maximum atomic E-state index is 12.0. The smallest absolute Gasteiger partial charge is 0.305 e. The van der Waals surface area contributed by atoms with Crippen molar-refractivity contribution in [2.45, 2.75) is 283 Å². The number of esters is 1. The van der Waals surface area contributed by atoms with E-state index in [1.165, 1.54) is 238 Å². The zero-order valence-corrected chi connectivity index (χ0v) is 35.9. The van der Waals surface area contributed by atoms with Gasteiger partial charge in [0.1, 0.15) is 0 Å². The van der Waals surface area contributed by atoms with Gasteiger partial charge in [0.25, 0.3) is 0 Å². The lowest BCUT2D eigenvalue weighted by atomic mass is 10.0. The van der Waals surface area contributed by atoms with E-state index in [9.17, 15) is 9.59 Å². The van der Waals surface area contributed by atoms with Crippen LogP contribution in [0.15, 0.2) is 12.2 Å². The Labute approximate surface area is 332 Å². The van der Waals surface area contributed by atoms with Gasteiger partial charge in [0.05, 0.1) is 6.61 Å². The molecule has 314 valence electrons. The Hall–Kier alpha value is -1.32. The summed E-state index contributed by atoms with van der Waals surface area (Å²) in [6.45, 7) is 2.90. The van der Waals surface area contributed by atoms with Gasteiger partial charge in [-0.1, -0.05) is 237 Å². The zero-order chi connectivity index (χ0) is 38.4. The standard InChI is InChI=1S/C49H94O4/c1-2-3-4-5-6-7-8-9-10-21-25-28-31-34-37-40-43-46-49(52)53-47-44-41-38-35-32-29-26-23-20-18-16-14-12-11-13-15-17-19-22-24-27-30-33-36-39-42-45-48(50)51/h9-10H,2-8,11-47H2,1H3,(H,50,51). The quantitative estimate of drug-likeness (QED) is 0.0383. The monoisotopic (exact) mass is 747 g/mol. The van der Waals surface area contributed by atoms with Crippen LogP contribution < -0.4 is 0 Å². The summed E-state index contributed by atoms with van der Waals surface area (Å²) in [5.74, 6) is -0.638. The van der Waals surface area contributed by atoms with Crippen molar-refractivity contribution in [1.82, 2.24) is 0 Å². The minimum Gasteiger partial charge on any atom is -0.481 e. The lowest BCUT2D eigenvalue weighted by Crippen LogP contribution is -2.05. The van der Waals surface area contributed by atoms with Crippen molar-refractivity contribution >= 4 is 11.9 Å². The highest BCUT2D eigenvalue weighted by Crippen LogP contribution is 2.17. The zero-order valence-electron chi connectivity index (χ0n) is 35.9. The van der Waals surface area contributed by atoms with E-state index in [4.69, 9.17) is 9.84 Å². The van der Waals surface area contributed by atoms with Gasteiger partial charge in [0.15, 0.2) is 0 Å². The van der Waals surface area contributed by atoms with Crippen LogP contribution in [0.5, 0.6) is 0 Å². The minimum absolute atomic E-state index is 0.0164. The molecule has 4 heteroatoms. The van der Waals surface area contributed by atoms with E-state index < -0.39 is 5.97 Å². The fourth-order valence-electron chi connectivity index (χ4n) is 7.57. The molecule has 0 aromatic heterocycles. The van der Waals surface area contributed by atoms with Gasteiger partial charge in [-0.05, 0) is 44.9 Å². The van der Waals surface area contributed by atoms with E-state index in [-0.39, 0.29) is 5.97 Å². The first-order chi connectivity index (χ1) is 26.2. The average Bonchev–Trinajstić information content (AvgIpc) is 3.15. The number of ether oxygens (including phenoxy) is 1. The van der Waals surface area contributed by atoms with Crippen LogP contribution in [0.4, 0.5) is 0 Å². The molecular weight excluding hydrogens is 653 g/mol. The summed E-state index contributed by atoms with van der Waals surface area (Å²) in [6, 6.07) is 0. The maximum absolute atomic E-state index is 12.0. The lowest BCUT2D eigenvalue weighted by Gasteiger charge is -2.06. The SMILES string of the molecule is CCCCCCCCC=CCCCCCCCCCC(=O)OCCCCCCCCCCCCCCCCCCCCCCCCCCCCC(=O)O. The Bertz CT molecular complexity index is 747. The molecule has 0 spiro atoms. The summed E-state index contributed by atoms with van der Waals surface area (Å²) in [5.41, 5.74) is 0. The summed E-state index contributed by atoms with van der Waals surface area (Å²) in [5, 5.41) is 8.66. The largest absolute Gasteiger partial charge is 0.481 e. The molecule has 0 amide bonds. The van der Waals surface area contributed by atoms with Crippen molar-refractivity contribution in [3.63, 3.8) is 0 Å². The third kappa shape index (κ3) is 48.7. The predicted octanol–water partition coefficient (Wildman–Crippen LogP) is 17.0. The fourth-order valence-corrected chi connectivity index (χ4v) is 7.57. The summed E-state index contributed by atoms with van der Waals surface area (Å²) in [6.07, 6.45) is 59.9. The van der Waals surface area contributed by atoms with Gasteiger partial charge in [-0.15, -0.1) is 0 Å². The first kappa shape index (κ1) is 51.7. The Morgan fingerprint density at radius 3 is 0.943 bits per heavy atom. The molecule has 4 nitrogen and oxygen atoms in total. The van der Waals surface area contributed by atoms with Gasteiger partial charge in [0.2, 0.25) is 0 Å². The van der Waals surface area contributed by atoms with Crippen molar-refractivity contribution < 1.29 is 19.4 Å². The highest BCUT2D eigenvalue weighted by Gasteiger charge is 2.03. The summed E-state index contributed by atoms with van der Waals surface area (Å²) < 4.78 is 5.48. The first-order valence-corrected chi connectivity index (χ1v) is 24.2. The number of allylic oxidation sites excluding steroid dienone is 2. The molecule has 0 saturated heterocycles. The number of carbonyl (C=O) groups is 2. The van der Waals surface area contributed by atoms with Crippen LogP contribution in [0, 0.1) is 0 Å². The van der Waals surface area contributed by atoms with Crippen LogP contribution in [-0.4, -0.2) is 23.7 Å². The second-order valence-electron chi connectivity index (χ2n) is 16.6. The molecule has 0 aromatic rings. The summed E-state index contributed by atoms with van der Waals surface area (Å²) in [7, 11) is 0. The third-order valence-corrected chi connectivity index (χ3v) is 11.2. The van der Waals surface area contributed by atoms with Crippen molar-refractivity contribution in [2.75, 3.05) is 6.61 Å². The fraction of sp³-hybridized carbons (Fsp3) is 0.918. The number of aliphatic carboxylic acids is 1. The van der Waals surface area contributed by atoms with Crippen molar-refractivity contribution in [2.24, 2.45) is 0 Å². The molecule has 0 saturated carbocycles. The molecule has 0 aromatic carbocycles. The maximum Gasteiger partial charge on any atom is 0.305 e. The van der Waals surface area contributed by atoms with Gasteiger partial charge < -0.3 is 9.84 Å². The molecule has 0 rings (SSSR count). The third-order valence-electron chi connectivity index (χ3n) is 11.2. The summed E-state index contributed by atoms with van der Waals surface area (Å²) >= 11 is 0. The van der Waals surface area contributed by atoms with E-state index in [0.29, 0.717) is 19.4 Å². The van der Waals surface area contributed by atoms with E-state index in [1.54, 1.807) is 0 Å². The Morgan fingerprint density at radius 2 is 0.623 bits per heavy atom. The van der Waals surface area contributed by atoms with Gasteiger partial charge in [-0.25, -0.2) is 0 Å². The number of rotatable bonds is 46. The van der Waals surface area contributed by atoms with Crippen molar-refractivity contribution in [3.8, 4) is 0 Å². The van der Waals surface area contributed by atoms with E-state index >= 15 is 0 Å². The van der Waals surface area contributed by atoms with E-state index in [1.807, 2.05) is 0 Å². The lowest BCUT2D eigenvalue weighted by molar-refractivity contribution is -0.144. The normalized spacial score (nSPS) is 11.6. The van der Waals surface area contributed by atoms with Crippen molar-refractivity contribution in [3.05, 3.63) is 12.2 Å². The number of carboxylic acid groups (broad SMARTS) is 1. The molecule has 0 unspecified atom stereocenters. The molecule has 0 atom stereocenters. The Balaban J connectivity index is 3.16. The van der Waals surface area contributed by atoms with Crippen LogP contribution in [0.1, 0.15) is 283 Å². The average molecular weight is 747 g/mol. The van der Waals surface area contributed by atoms with Crippen LogP contribution in [-0.2, 0) is 14.3 Å². The number of hydrogen-bond donors (Lipinski definition) is 1. The molecule has 1 N–H and O–H groups in total. The summed E-state index contributed by atoms with van der Waals surface area (Å²) in [4.78, 5) is 22.5. The van der Waals surface area contributed by atoms with Gasteiger partial charge in [-0.3, -0.25) is 9.59 Å². The van der Waals surface area contributed by atoms with Crippen molar-refractivity contribution in [1.29, 1.82) is 0 Å². The molecule has 0 aliphatic rings. The predicted molar refractivity (Wildman–Crippen MR) is 232 cm³/mol. The highest BCUT2D eigenvalue weighted by molar-refractivity contribution is 5.69. The minimum atomic E-state index is -0.654. The topological polar surface area (TPSA) is 63.6 Å². The van der Waals surface area contributed by atoms with Gasteiger partial charge >= 0.3 is 11.9 Å². The molecule has 0 heterocycles. The second kappa shape index (κ2) is 46.8. The van der Waals surface area contributed by atoms with Crippen LogP contribution in [0.3, 0.4) is 0 Å². The van der Waals surface area contributed by atoms with Gasteiger partial charge in [0, 0.05) is 12.8 Å². The molecule has 0 fully saturated rings. The molecule has 0 aliphatic heterocycles. The molecule has 0 bridgehead atoms. The van der Waals surface area contributed by atoms with Crippen LogP contribution in [0.25, 0.3) is 0 Å². The van der Waals surface area contributed by atoms with Gasteiger partial charge in [-0.2, -0.15) is 0 Å². The molecule has 53 heavy (non-hydrogen) atoms.